The standard InChI is InChI=1S/C28H29N5O2/c1-19-4-7-24(8-5-19)32-11-12-33-25(17-32)15-26(31-33)28(34)30-23-14-22-13-20(6-9-27(22)35-18-23)21-3-2-10-29-16-21/h2-10,13,15-16,23,26,31H,11-12,14,17-18H2,1H3,(H,30,34). The van der Waals surface area contributed by atoms with Crippen LogP contribution in [-0.4, -0.2) is 54.2 Å². The normalized spacial score (nSPS) is 21.0. The maximum absolute atomic E-state index is 13.1. The molecule has 0 spiro atoms. The molecule has 0 radical (unpaired) electrons. The van der Waals surface area contributed by atoms with Crippen molar-refractivity contribution >= 4 is 11.6 Å². The molecule has 2 N–H and O–H groups in total. The predicted octanol–water partition coefficient (Wildman–Crippen LogP) is 3.07. The Kier molecular flexibility index (Phi) is 5.62. The molecule has 0 saturated carbocycles. The summed E-state index contributed by atoms with van der Waals surface area (Å²) in [5.74, 6) is 0.867. The molecule has 7 nitrogen and oxygen atoms in total. The van der Waals surface area contributed by atoms with Crippen molar-refractivity contribution in [1.82, 2.24) is 20.7 Å². The summed E-state index contributed by atoms with van der Waals surface area (Å²) < 4.78 is 5.97. The van der Waals surface area contributed by atoms with E-state index in [1.54, 1.807) is 6.20 Å². The number of nitrogens with one attached hydrogen (secondary N) is 2. The monoisotopic (exact) mass is 467 g/mol. The van der Waals surface area contributed by atoms with Crippen molar-refractivity contribution in [3.8, 4) is 16.9 Å². The number of fused-ring (bicyclic) bond motifs is 2. The molecule has 2 aromatic carbocycles. The van der Waals surface area contributed by atoms with Crippen LogP contribution in [0.4, 0.5) is 5.69 Å². The zero-order valence-electron chi connectivity index (χ0n) is 19.8. The van der Waals surface area contributed by atoms with Crippen molar-refractivity contribution in [2.75, 3.05) is 31.1 Å². The minimum atomic E-state index is -0.369. The molecule has 35 heavy (non-hydrogen) atoms. The number of hydrogen-bond acceptors (Lipinski definition) is 6. The van der Waals surface area contributed by atoms with E-state index in [4.69, 9.17) is 4.74 Å². The molecule has 1 aromatic heterocycles. The largest absolute Gasteiger partial charge is 0.491 e. The quantitative estimate of drug-likeness (QED) is 0.615. The van der Waals surface area contributed by atoms with Gasteiger partial charge in [0.25, 0.3) is 0 Å². The van der Waals surface area contributed by atoms with Gasteiger partial charge in [0.2, 0.25) is 5.91 Å². The van der Waals surface area contributed by atoms with Crippen LogP contribution in [0, 0.1) is 6.92 Å². The second kappa shape index (κ2) is 9.07. The highest BCUT2D eigenvalue weighted by atomic mass is 16.5. The first-order chi connectivity index (χ1) is 17.1. The molecule has 0 bridgehead atoms. The first-order valence-corrected chi connectivity index (χ1v) is 12.1. The fourth-order valence-electron chi connectivity index (χ4n) is 5.01. The number of nitrogens with zero attached hydrogens (tertiary/aromatic N) is 3. The maximum atomic E-state index is 13.1. The van der Waals surface area contributed by atoms with Crippen LogP contribution in [0.25, 0.3) is 11.1 Å². The highest BCUT2D eigenvalue weighted by Gasteiger charge is 2.33. The van der Waals surface area contributed by atoms with Crippen LogP contribution in [0.3, 0.4) is 0 Å². The van der Waals surface area contributed by atoms with Crippen LogP contribution in [0.1, 0.15) is 11.1 Å². The number of piperazine rings is 1. The average molecular weight is 468 g/mol. The highest BCUT2D eigenvalue weighted by molar-refractivity contribution is 5.84. The van der Waals surface area contributed by atoms with Crippen molar-refractivity contribution < 1.29 is 9.53 Å². The third-order valence-electron chi connectivity index (χ3n) is 6.94. The van der Waals surface area contributed by atoms with Gasteiger partial charge in [0.1, 0.15) is 18.4 Å². The number of aryl methyl sites for hydroxylation is 1. The molecule has 2 atom stereocenters. The topological polar surface area (TPSA) is 69.7 Å². The van der Waals surface area contributed by atoms with Crippen molar-refractivity contribution in [1.29, 1.82) is 0 Å². The summed E-state index contributed by atoms with van der Waals surface area (Å²) in [7, 11) is 0. The smallest absolute Gasteiger partial charge is 0.243 e. The van der Waals surface area contributed by atoms with Gasteiger partial charge < -0.3 is 20.0 Å². The molecule has 1 fully saturated rings. The van der Waals surface area contributed by atoms with Crippen LogP contribution in [0.2, 0.25) is 0 Å². The minimum absolute atomic E-state index is 0.0192. The summed E-state index contributed by atoms with van der Waals surface area (Å²) in [5, 5.41) is 5.31. The number of anilines is 1. The number of pyridine rings is 1. The molecule has 4 heterocycles. The van der Waals surface area contributed by atoms with Crippen LogP contribution in [0.15, 0.2) is 78.8 Å². The number of carbonyl (C=O) groups excluding carboxylic acids is 1. The zero-order valence-corrected chi connectivity index (χ0v) is 19.8. The Morgan fingerprint density at radius 3 is 2.83 bits per heavy atom. The van der Waals surface area contributed by atoms with Gasteiger partial charge in [-0.2, -0.15) is 0 Å². The van der Waals surface area contributed by atoms with Crippen LogP contribution >= 0.6 is 0 Å². The Morgan fingerprint density at radius 2 is 2.00 bits per heavy atom. The van der Waals surface area contributed by atoms with E-state index in [1.165, 1.54) is 11.3 Å². The van der Waals surface area contributed by atoms with E-state index in [2.05, 4.69) is 69.0 Å². The summed E-state index contributed by atoms with van der Waals surface area (Å²) >= 11 is 0. The minimum Gasteiger partial charge on any atom is -0.491 e. The van der Waals surface area contributed by atoms with E-state index in [1.807, 2.05) is 30.5 Å². The van der Waals surface area contributed by atoms with Crippen molar-refractivity contribution in [3.05, 3.63) is 89.9 Å². The van der Waals surface area contributed by atoms with Crippen molar-refractivity contribution in [3.63, 3.8) is 0 Å². The van der Waals surface area contributed by atoms with Gasteiger partial charge in [-0.1, -0.05) is 29.8 Å². The van der Waals surface area contributed by atoms with E-state index >= 15 is 0 Å². The first kappa shape index (κ1) is 21.7. The summed E-state index contributed by atoms with van der Waals surface area (Å²) in [6, 6.07) is 18.4. The lowest BCUT2D eigenvalue weighted by Crippen LogP contribution is -2.53. The maximum Gasteiger partial charge on any atom is 0.243 e. The van der Waals surface area contributed by atoms with E-state index in [-0.39, 0.29) is 18.0 Å². The number of ether oxygens (including phenoxy) is 1. The predicted molar refractivity (Wildman–Crippen MR) is 136 cm³/mol. The average Bonchev–Trinajstić information content (AvgIpc) is 3.33. The molecule has 3 aliphatic heterocycles. The molecule has 178 valence electrons. The number of rotatable bonds is 4. The lowest BCUT2D eigenvalue weighted by atomic mass is 9.97. The molecule has 6 rings (SSSR count). The third-order valence-corrected chi connectivity index (χ3v) is 6.94. The van der Waals surface area contributed by atoms with Gasteiger partial charge in [-0.25, -0.2) is 5.43 Å². The molecule has 0 aliphatic carbocycles. The molecular formula is C28H29N5O2. The van der Waals surface area contributed by atoms with E-state index in [0.29, 0.717) is 6.61 Å². The SMILES string of the molecule is Cc1ccc(N2CCN3NC(C(=O)NC4COc5ccc(-c6cccnc6)cc5C4)C=C3C2)cc1. The molecule has 1 saturated heterocycles. The molecule has 7 heteroatoms. The van der Waals surface area contributed by atoms with E-state index in [0.717, 1.165) is 54.2 Å². The van der Waals surface area contributed by atoms with Gasteiger partial charge in [0, 0.05) is 35.9 Å². The Balaban J connectivity index is 1.10. The number of amides is 1. The number of carbonyl (C=O) groups is 1. The van der Waals surface area contributed by atoms with E-state index < -0.39 is 0 Å². The molecule has 2 unspecified atom stereocenters. The second-order valence-electron chi connectivity index (χ2n) is 9.46. The van der Waals surface area contributed by atoms with Crippen LogP contribution in [-0.2, 0) is 11.2 Å². The van der Waals surface area contributed by atoms with Gasteiger partial charge in [0.05, 0.1) is 19.1 Å². The lowest BCUT2D eigenvalue weighted by molar-refractivity contribution is -0.123. The van der Waals surface area contributed by atoms with Gasteiger partial charge >= 0.3 is 0 Å². The summed E-state index contributed by atoms with van der Waals surface area (Å²) in [6.45, 7) is 5.11. The summed E-state index contributed by atoms with van der Waals surface area (Å²) in [5.41, 5.74) is 10.3. The lowest BCUT2D eigenvalue weighted by Gasteiger charge is -2.36. The Hall–Kier alpha value is -3.84. The fraction of sp³-hybridized carbons (Fsp3) is 0.286. The van der Waals surface area contributed by atoms with Gasteiger partial charge in [0.15, 0.2) is 0 Å². The van der Waals surface area contributed by atoms with Crippen molar-refractivity contribution in [2.24, 2.45) is 0 Å². The van der Waals surface area contributed by atoms with Crippen molar-refractivity contribution in [2.45, 2.75) is 25.4 Å². The number of hydrogen-bond donors (Lipinski definition) is 2. The highest BCUT2D eigenvalue weighted by Crippen LogP contribution is 2.30. The molecular weight excluding hydrogens is 438 g/mol. The first-order valence-electron chi connectivity index (χ1n) is 12.1. The Labute approximate surface area is 205 Å². The Bertz CT molecular complexity index is 1260. The summed E-state index contributed by atoms with van der Waals surface area (Å²) in [4.78, 5) is 19.7. The summed E-state index contributed by atoms with van der Waals surface area (Å²) in [6.07, 6.45) is 6.42. The fourth-order valence-corrected chi connectivity index (χ4v) is 5.01. The molecule has 1 amide bonds. The second-order valence-corrected chi connectivity index (χ2v) is 9.46. The van der Waals surface area contributed by atoms with Crippen LogP contribution < -0.4 is 20.4 Å². The number of benzene rings is 2. The number of hydrazine groups is 1. The van der Waals surface area contributed by atoms with Gasteiger partial charge in [-0.3, -0.25) is 9.78 Å². The van der Waals surface area contributed by atoms with E-state index in [9.17, 15) is 4.79 Å². The Morgan fingerprint density at radius 1 is 1.11 bits per heavy atom. The zero-order chi connectivity index (χ0) is 23.8. The third kappa shape index (κ3) is 4.47. The van der Waals surface area contributed by atoms with Gasteiger partial charge in [-0.15, -0.1) is 0 Å². The number of aromatic nitrogens is 1. The van der Waals surface area contributed by atoms with Gasteiger partial charge in [-0.05, 0) is 60.9 Å². The molecule has 3 aliphatic rings. The van der Waals surface area contributed by atoms with Crippen LogP contribution in [0.5, 0.6) is 5.75 Å². The molecule has 3 aromatic rings.